The van der Waals surface area contributed by atoms with Crippen LogP contribution in [0.3, 0.4) is 0 Å². The van der Waals surface area contributed by atoms with E-state index >= 15 is 0 Å². The number of nitrogens with zero attached hydrogens (tertiary/aromatic N) is 3. The van der Waals surface area contributed by atoms with E-state index in [0.717, 1.165) is 30.9 Å². The molecule has 0 bridgehead atoms. The first kappa shape index (κ1) is 14.1. The molecule has 0 N–H and O–H groups in total. The fraction of sp³-hybridized carbons (Fsp3) is 0.500. The van der Waals surface area contributed by atoms with Gasteiger partial charge in [0.2, 0.25) is 0 Å². The average molecular weight is 316 g/mol. The number of imidazole rings is 1. The number of fused-ring (bicyclic) bond motifs is 1. The van der Waals surface area contributed by atoms with Crippen LogP contribution in [0.15, 0.2) is 12.1 Å². The maximum atomic E-state index is 13.6. The molecule has 0 spiro atoms. The summed E-state index contributed by atoms with van der Waals surface area (Å²) in [6.07, 6.45) is 1.74. The highest BCUT2D eigenvalue weighted by atomic mass is 35.5. The minimum absolute atomic E-state index is 0.141. The zero-order valence-electron chi connectivity index (χ0n) is 11.2. The Bertz CT molecular complexity index is 641. The van der Waals surface area contributed by atoms with Gasteiger partial charge in [-0.1, -0.05) is 11.6 Å². The lowest BCUT2D eigenvalue weighted by atomic mass is 10.2. The number of benzene rings is 1. The van der Waals surface area contributed by atoms with Gasteiger partial charge in [-0.05, 0) is 26.1 Å². The number of likely N-dealkylation sites (tertiary alicyclic amines) is 1. The lowest BCUT2D eigenvalue weighted by Gasteiger charge is -2.16. The summed E-state index contributed by atoms with van der Waals surface area (Å²) in [6, 6.07) is 3.43. The summed E-state index contributed by atoms with van der Waals surface area (Å²) in [7, 11) is 2.10. The standard InChI is InChI=1S/C14H16Cl2FN3/c1-19-5-3-9(8-19)20-13-6-10(16)11(17)7-12(13)18-14(20)2-4-15/h6-7,9H,2-5,8H2,1H3. The van der Waals surface area contributed by atoms with Crippen molar-refractivity contribution in [2.24, 2.45) is 0 Å². The monoisotopic (exact) mass is 315 g/mol. The van der Waals surface area contributed by atoms with Crippen molar-refractivity contribution in [3.05, 3.63) is 28.8 Å². The molecule has 1 aromatic carbocycles. The van der Waals surface area contributed by atoms with Gasteiger partial charge in [-0.15, -0.1) is 11.6 Å². The third-order valence-corrected chi connectivity index (χ3v) is 4.33. The Morgan fingerprint density at radius 1 is 1.45 bits per heavy atom. The Labute approximate surface area is 127 Å². The fourth-order valence-electron chi connectivity index (χ4n) is 2.93. The molecule has 1 unspecified atom stereocenters. The van der Waals surface area contributed by atoms with E-state index in [1.54, 1.807) is 6.07 Å². The summed E-state index contributed by atoms with van der Waals surface area (Å²) in [6.45, 7) is 2.02. The van der Waals surface area contributed by atoms with Crippen LogP contribution in [-0.4, -0.2) is 40.5 Å². The van der Waals surface area contributed by atoms with Gasteiger partial charge in [0.1, 0.15) is 11.6 Å². The number of aromatic nitrogens is 2. The smallest absolute Gasteiger partial charge is 0.144 e. The van der Waals surface area contributed by atoms with Gasteiger partial charge in [-0.25, -0.2) is 9.37 Å². The van der Waals surface area contributed by atoms with Gasteiger partial charge >= 0.3 is 0 Å². The number of aryl methyl sites for hydroxylation is 1. The predicted molar refractivity (Wildman–Crippen MR) is 80.3 cm³/mol. The fourth-order valence-corrected chi connectivity index (χ4v) is 3.26. The summed E-state index contributed by atoms with van der Waals surface area (Å²) in [4.78, 5) is 6.82. The molecule has 0 amide bonds. The first-order valence-corrected chi connectivity index (χ1v) is 7.61. The quantitative estimate of drug-likeness (QED) is 0.808. The van der Waals surface area contributed by atoms with Crippen molar-refractivity contribution in [1.82, 2.24) is 14.5 Å². The molecule has 2 heterocycles. The number of rotatable bonds is 3. The number of alkyl halides is 1. The molecule has 0 aliphatic carbocycles. The molecule has 0 saturated carbocycles. The highest BCUT2D eigenvalue weighted by molar-refractivity contribution is 6.31. The second kappa shape index (κ2) is 5.51. The van der Waals surface area contributed by atoms with E-state index in [2.05, 4.69) is 21.5 Å². The van der Waals surface area contributed by atoms with Gasteiger partial charge in [0.15, 0.2) is 0 Å². The van der Waals surface area contributed by atoms with E-state index in [1.165, 1.54) is 6.07 Å². The van der Waals surface area contributed by atoms with Crippen LogP contribution in [0.2, 0.25) is 5.02 Å². The van der Waals surface area contributed by atoms with Crippen LogP contribution in [0.25, 0.3) is 11.0 Å². The molecule has 1 fully saturated rings. The zero-order chi connectivity index (χ0) is 14.3. The Morgan fingerprint density at radius 3 is 2.90 bits per heavy atom. The molecule has 20 heavy (non-hydrogen) atoms. The zero-order valence-corrected chi connectivity index (χ0v) is 12.8. The number of hydrogen-bond donors (Lipinski definition) is 0. The number of likely N-dealkylation sites (N-methyl/N-ethyl adjacent to an activating group) is 1. The van der Waals surface area contributed by atoms with Crippen LogP contribution in [0.5, 0.6) is 0 Å². The van der Waals surface area contributed by atoms with Crippen LogP contribution in [0.1, 0.15) is 18.3 Å². The summed E-state index contributed by atoms with van der Waals surface area (Å²) >= 11 is 11.8. The van der Waals surface area contributed by atoms with E-state index < -0.39 is 5.82 Å². The van der Waals surface area contributed by atoms with Gasteiger partial charge in [-0.3, -0.25) is 0 Å². The third-order valence-electron chi connectivity index (χ3n) is 3.85. The first-order chi connectivity index (χ1) is 9.60. The highest BCUT2D eigenvalue weighted by Crippen LogP contribution is 2.30. The first-order valence-electron chi connectivity index (χ1n) is 6.70. The molecule has 1 atom stereocenters. The second-order valence-corrected chi connectivity index (χ2v) is 6.08. The van der Waals surface area contributed by atoms with Gasteiger partial charge in [0, 0.05) is 31.0 Å². The normalized spacial score (nSPS) is 20.1. The SMILES string of the molecule is CN1CCC(n2c(CCCl)nc3cc(F)c(Cl)cc32)C1. The molecule has 108 valence electrons. The van der Waals surface area contributed by atoms with Crippen LogP contribution in [0, 0.1) is 5.82 Å². The Balaban J connectivity index is 2.15. The van der Waals surface area contributed by atoms with Crippen LogP contribution < -0.4 is 0 Å². The molecule has 3 nitrogen and oxygen atoms in total. The van der Waals surface area contributed by atoms with Crippen LogP contribution in [-0.2, 0) is 6.42 Å². The van der Waals surface area contributed by atoms with E-state index in [4.69, 9.17) is 23.2 Å². The topological polar surface area (TPSA) is 21.1 Å². The summed E-state index contributed by atoms with van der Waals surface area (Å²) in [5.74, 6) is 0.990. The third kappa shape index (κ3) is 2.41. The molecule has 0 radical (unpaired) electrons. The molecule has 1 aromatic heterocycles. The minimum Gasteiger partial charge on any atom is -0.323 e. The highest BCUT2D eigenvalue weighted by Gasteiger charge is 2.25. The molecule has 3 rings (SSSR count). The lowest BCUT2D eigenvalue weighted by molar-refractivity contribution is 0.392. The molecular weight excluding hydrogens is 300 g/mol. The van der Waals surface area contributed by atoms with Gasteiger partial charge in [-0.2, -0.15) is 0 Å². The number of hydrogen-bond acceptors (Lipinski definition) is 2. The minimum atomic E-state index is -0.426. The molecular formula is C14H16Cl2FN3. The van der Waals surface area contributed by atoms with Gasteiger partial charge in [0.25, 0.3) is 0 Å². The Kier molecular flexibility index (Phi) is 3.89. The predicted octanol–water partition coefficient (Wildman–Crippen LogP) is 3.49. The maximum Gasteiger partial charge on any atom is 0.144 e. The van der Waals surface area contributed by atoms with Crippen LogP contribution in [0.4, 0.5) is 4.39 Å². The largest absolute Gasteiger partial charge is 0.323 e. The van der Waals surface area contributed by atoms with Gasteiger partial charge < -0.3 is 9.47 Å². The second-order valence-electron chi connectivity index (χ2n) is 5.30. The number of halogens is 3. The van der Waals surface area contributed by atoms with E-state index in [9.17, 15) is 4.39 Å². The molecule has 1 aliphatic heterocycles. The molecule has 6 heteroatoms. The average Bonchev–Trinajstić information content (AvgIpc) is 2.94. The van der Waals surface area contributed by atoms with Crippen molar-refractivity contribution in [3.8, 4) is 0 Å². The van der Waals surface area contributed by atoms with E-state index in [-0.39, 0.29) is 5.02 Å². The van der Waals surface area contributed by atoms with Crippen molar-refractivity contribution in [2.45, 2.75) is 18.9 Å². The van der Waals surface area contributed by atoms with Crippen molar-refractivity contribution < 1.29 is 4.39 Å². The maximum absolute atomic E-state index is 13.6. The Hall–Kier alpha value is -0.840. The summed E-state index contributed by atoms with van der Waals surface area (Å²) < 4.78 is 15.8. The summed E-state index contributed by atoms with van der Waals surface area (Å²) in [5, 5.41) is 0.141. The van der Waals surface area contributed by atoms with E-state index in [1.807, 2.05) is 0 Å². The lowest BCUT2D eigenvalue weighted by Crippen LogP contribution is -2.18. The van der Waals surface area contributed by atoms with Crippen LogP contribution >= 0.6 is 23.2 Å². The molecule has 2 aromatic rings. The van der Waals surface area contributed by atoms with Crippen molar-refractivity contribution >= 4 is 34.2 Å². The van der Waals surface area contributed by atoms with Crippen molar-refractivity contribution in [3.63, 3.8) is 0 Å². The van der Waals surface area contributed by atoms with E-state index in [0.29, 0.717) is 23.9 Å². The Morgan fingerprint density at radius 2 is 2.25 bits per heavy atom. The van der Waals surface area contributed by atoms with Crippen molar-refractivity contribution in [2.75, 3.05) is 26.0 Å². The van der Waals surface area contributed by atoms with Gasteiger partial charge in [0.05, 0.1) is 16.1 Å². The van der Waals surface area contributed by atoms with Crippen molar-refractivity contribution in [1.29, 1.82) is 0 Å². The molecule has 1 aliphatic rings. The summed E-state index contributed by atoms with van der Waals surface area (Å²) in [5.41, 5.74) is 1.55. The molecule has 1 saturated heterocycles.